The number of nitrogens with zero attached hydrogens (tertiary/aromatic N) is 3. The van der Waals surface area contributed by atoms with E-state index in [-0.39, 0.29) is 12.1 Å². The van der Waals surface area contributed by atoms with Crippen molar-refractivity contribution in [3.8, 4) is 0 Å². The second kappa shape index (κ2) is 10.4. The molecule has 1 aromatic carbocycles. The molecule has 0 spiro atoms. The topological polar surface area (TPSA) is 57.7 Å². The Morgan fingerprint density at radius 3 is 2.48 bits per heavy atom. The number of nitrogens with one attached hydrogen (secondary N) is 1. The minimum atomic E-state index is -0.0251. The Bertz CT molecular complexity index is 768. The average molecular weight is 397 g/mol. The van der Waals surface area contributed by atoms with E-state index >= 15 is 0 Å². The summed E-state index contributed by atoms with van der Waals surface area (Å²) in [7, 11) is 3.82. The smallest absolute Gasteiger partial charge is 0.318 e. The van der Waals surface area contributed by atoms with Crippen molar-refractivity contribution in [3.05, 3.63) is 65.0 Å². The molecule has 29 heavy (non-hydrogen) atoms. The molecule has 156 valence electrons. The predicted molar refractivity (Wildman–Crippen MR) is 114 cm³/mol. The molecule has 0 saturated carbocycles. The van der Waals surface area contributed by atoms with Crippen LogP contribution in [0.3, 0.4) is 0 Å². The number of amides is 2. The molecule has 0 atom stereocenters. The number of benzene rings is 1. The van der Waals surface area contributed by atoms with Crippen LogP contribution in [-0.2, 0) is 24.4 Å². The van der Waals surface area contributed by atoms with Gasteiger partial charge in [0.05, 0.1) is 18.8 Å². The molecule has 0 unspecified atom stereocenters. The summed E-state index contributed by atoms with van der Waals surface area (Å²) in [5.74, 6) is 0. The Morgan fingerprint density at radius 2 is 1.86 bits per heavy atom. The third-order valence-corrected chi connectivity index (χ3v) is 5.47. The van der Waals surface area contributed by atoms with E-state index in [0.29, 0.717) is 19.7 Å². The zero-order chi connectivity index (χ0) is 20.6. The molecule has 6 heteroatoms. The van der Waals surface area contributed by atoms with Crippen molar-refractivity contribution in [1.82, 2.24) is 20.1 Å². The van der Waals surface area contributed by atoms with Gasteiger partial charge in [0.1, 0.15) is 0 Å². The van der Waals surface area contributed by atoms with Gasteiger partial charge in [0.2, 0.25) is 0 Å². The molecule has 1 aromatic heterocycles. The molecule has 1 aliphatic heterocycles. The summed E-state index contributed by atoms with van der Waals surface area (Å²) in [6.07, 6.45) is 3.84. The second-order valence-corrected chi connectivity index (χ2v) is 7.90. The standard InChI is InChI=1S/C23H32N4O2/c1-18-4-9-21(24-14-18)16-27(22-10-12-26(2)13-11-22)23(28)25-15-19-5-7-20(8-6-19)17-29-3/h4-9,14,22H,10-13,15-17H2,1-3H3,(H,25,28). The highest BCUT2D eigenvalue weighted by atomic mass is 16.5. The molecular formula is C23H32N4O2. The van der Waals surface area contributed by atoms with Crippen LogP contribution in [0.2, 0.25) is 0 Å². The van der Waals surface area contributed by atoms with Gasteiger partial charge >= 0.3 is 6.03 Å². The summed E-state index contributed by atoms with van der Waals surface area (Å²) in [6.45, 7) is 5.69. The number of ether oxygens (including phenoxy) is 1. The van der Waals surface area contributed by atoms with E-state index in [4.69, 9.17) is 4.74 Å². The van der Waals surface area contributed by atoms with E-state index in [2.05, 4.69) is 28.3 Å². The highest BCUT2D eigenvalue weighted by Crippen LogP contribution is 2.18. The first-order chi connectivity index (χ1) is 14.0. The van der Waals surface area contributed by atoms with Crippen molar-refractivity contribution in [2.45, 2.75) is 45.5 Å². The maximum Gasteiger partial charge on any atom is 0.318 e. The largest absolute Gasteiger partial charge is 0.380 e. The van der Waals surface area contributed by atoms with Gasteiger partial charge < -0.3 is 19.9 Å². The fourth-order valence-corrected chi connectivity index (χ4v) is 3.64. The van der Waals surface area contributed by atoms with Crippen molar-refractivity contribution >= 4 is 6.03 Å². The number of rotatable bonds is 7. The zero-order valence-electron chi connectivity index (χ0n) is 17.7. The van der Waals surface area contributed by atoms with E-state index < -0.39 is 0 Å². The van der Waals surface area contributed by atoms with Crippen molar-refractivity contribution in [1.29, 1.82) is 0 Å². The summed E-state index contributed by atoms with van der Waals surface area (Å²) in [6, 6.07) is 12.4. The monoisotopic (exact) mass is 396 g/mol. The van der Waals surface area contributed by atoms with Crippen molar-refractivity contribution in [2.24, 2.45) is 0 Å². The molecule has 2 heterocycles. The Hall–Kier alpha value is -2.44. The quantitative estimate of drug-likeness (QED) is 0.780. The third kappa shape index (κ3) is 6.27. The number of piperidine rings is 1. The number of aryl methyl sites for hydroxylation is 1. The number of urea groups is 1. The SMILES string of the molecule is COCc1ccc(CNC(=O)N(Cc2ccc(C)cn2)C2CCN(C)CC2)cc1. The van der Waals surface area contributed by atoms with Gasteiger partial charge in [0.15, 0.2) is 0 Å². The molecule has 0 bridgehead atoms. The first-order valence-corrected chi connectivity index (χ1v) is 10.3. The first-order valence-electron chi connectivity index (χ1n) is 10.3. The van der Waals surface area contributed by atoms with Gasteiger partial charge in [-0.3, -0.25) is 4.98 Å². The van der Waals surface area contributed by atoms with E-state index in [9.17, 15) is 4.79 Å². The lowest BCUT2D eigenvalue weighted by Crippen LogP contribution is -2.49. The van der Waals surface area contributed by atoms with Crippen LogP contribution < -0.4 is 5.32 Å². The number of methoxy groups -OCH3 is 1. The van der Waals surface area contributed by atoms with Gasteiger partial charge in [-0.2, -0.15) is 0 Å². The molecule has 1 aliphatic rings. The maximum atomic E-state index is 13.1. The van der Waals surface area contributed by atoms with Crippen LogP contribution in [-0.4, -0.2) is 54.1 Å². The molecule has 1 fully saturated rings. The van der Waals surface area contributed by atoms with Gasteiger partial charge in [0.25, 0.3) is 0 Å². The number of hydrogen-bond acceptors (Lipinski definition) is 4. The zero-order valence-corrected chi connectivity index (χ0v) is 17.7. The van der Waals surface area contributed by atoms with E-state index in [0.717, 1.165) is 48.3 Å². The Kier molecular flexibility index (Phi) is 7.61. The lowest BCUT2D eigenvalue weighted by molar-refractivity contribution is 0.126. The van der Waals surface area contributed by atoms with Crippen LogP contribution in [0.25, 0.3) is 0 Å². The van der Waals surface area contributed by atoms with Gasteiger partial charge in [0, 0.05) is 25.9 Å². The van der Waals surface area contributed by atoms with Crippen LogP contribution in [0.4, 0.5) is 4.79 Å². The number of carbonyl (C=O) groups is 1. The summed E-state index contributed by atoms with van der Waals surface area (Å²) >= 11 is 0. The number of aromatic nitrogens is 1. The fraction of sp³-hybridized carbons (Fsp3) is 0.478. The molecule has 1 saturated heterocycles. The van der Waals surface area contributed by atoms with Crippen molar-refractivity contribution < 1.29 is 9.53 Å². The summed E-state index contributed by atoms with van der Waals surface area (Å²) in [5.41, 5.74) is 4.26. The normalized spacial score (nSPS) is 15.3. The van der Waals surface area contributed by atoms with Crippen LogP contribution >= 0.6 is 0 Å². The van der Waals surface area contributed by atoms with E-state index in [1.165, 1.54) is 0 Å². The molecule has 0 aliphatic carbocycles. The Balaban J connectivity index is 1.65. The van der Waals surface area contributed by atoms with Gasteiger partial charge in [-0.25, -0.2) is 4.79 Å². The van der Waals surface area contributed by atoms with Crippen molar-refractivity contribution in [3.63, 3.8) is 0 Å². The highest BCUT2D eigenvalue weighted by Gasteiger charge is 2.27. The predicted octanol–water partition coefficient (Wildman–Crippen LogP) is 3.34. The Morgan fingerprint density at radius 1 is 1.17 bits per heavy atom. The van der Waals surface area contributed by atoms with Crippen molar-refractivity contribution in [2.75, 3.05) is 27.2 Å². The minimum Gasteiger partial charge on any atom is -0.380 e. The summed E-state index contributed by atoms with van der Waals surface area (Å²) < 4.78 is 5.15. The lowest BCUT2D eigenvalue weighted by Gasteiger charge is -2.37. The van der Waals surface area contributed by atoms with Crippen LogP contribution in [0.1, 0.15) is 35.2 Å². The molecule has 0 radical (unpaired) electrons. The van der Waals surface area contributed by atoms with E-state index in [1.54, 1.807) is 7.11 Å². The van der Waals surface area contributed by atoms with E-state index in [1.807, 2.05) is 48.4 Å². The fourth-order valence-electron chi connectivity index (χ4n) is 3.64. The molecule has 2 aromatic rings. The molecule has 3 rings (SSSR count). The number of likely N-dealkylation sites (tertiary alicyclic amines) is 1. The third-order valence-electron chi connectivity index (χ3n) is 5.47. The second-order valence-electron chi connectivity index (χ2n) is 7.90. The first kappa shape index (κ1) is 21.3. The molecule has 6 nitrogen and oxygen atoms in total. The number of pyridine rings is 1. The number of carbonyl (C=O) groups excluding carboxylic acids is 1. The highest BCUT2D eigenvalue weighted by molar-refractivity contribution is 5.74. The minimum absolute atomic E-state index is 0.0251. The molecule has 2 amide bonds. The average Bonchev–Trinajstić information content (AvgIpc) is 2.74. The summed E-state index contributed by atoms with van der Waals surface area (Å²) in [4.78, 5) is 21.9. The summed E-state index contributed by atoms with van der Waals surface area (Å²) in [5, 5.41) is 3.11. The molecular weight excluding hydrogens is 364 g/mol. The molecule has 1 N–H and O–H groups in total. The lowest BCUT2D eigenvalue weighted by atomic mass is 10.0. The van der Waals surface area contributed by atoms with Gasteiger partial charge in [-0.05, 0) is 62.7 Å². The van der Waals surface area contributed by atoms with Gasteiger partial charge in [-0.15, -0.1) is 0 Å². The maximum absolute atomic E-state index is 13.1. The van der Waals surface area contributed by atoms with Crippen LogP contribution in [0, 0.1) is 6.92 Å². The Labute approximate surface area is 173 Å². The van der Waals surface area contributed by atoms with Crippen LogP contribution in [0.15, 0.2) is 42.6 Å². The number of hydrogen-bond donors (Lipinski definition) is 1. The van der Waals surface area contributed by atoms with Crippen LogP contribution in [0.5, 0.6) is 0 Å². The van der Waals surface area contributed by atoms with Gasteiger partial charge in [-0.1, -0.05) is 30.3 Å².